The van der Waals surface area contributed by atoms with Crippen molar-refractivity contribution in [2.45, 2.75) is 46.6 Å². The van der Waals surface area contributed by atoms with Gasteiger partial charge < -0.3 is 34.2 Å². The second-order valence-corrected chi connectivity index (χ2v) is 8.40. The quantitative estimate of drug-likeness (QED) is 0.135. The molecule has 0 spiro atoms. The lowest BCUT2D eigenvalue weighted by Gasteiger charge is -2.19. The standard InChI is InChI=1S/C26H37NO7/c1-17(12-20(14-28)13-18(2)8-9-27)6-7-21-24(31-5)19(3)22-15-33-26(29)23(22)25(21)34-16-32-11-10-30-4/h6,8,14,20H,7,9-13,15-16,27H2,1-5H3/b17-6+,18-8+. The molecule has 8 heteroatoms. The second-order valence-electron chi connectivity index (χ2n) is 8.40. The number of carbonyl (C=O) groups excluding carboxylic acids is 2. The van der Waals surface area contributed by atoms with Crippen LogP contribution in [0.2, 0.25) is 0 Å². The number of carbonyl (C=O) groups is 2. The molecule has 0 aromatic heterocycles. The van der Waals surface area contributed by atoms with Gasteiger partial charge in [-0.3, -0.25) is 0 Å². The molecule has 0 aliphatic carbocycles. The molecule has 2 rings (SSSR count). The third kappa shape index (κ3) is 7.16. The topological polar surface area (TPSA) is 106 Å². The molecule has 0 amide bonds. The highest BCUT2D eigenvalue weighted by Crippen LogP contribution is 2.43. The molecule has 1 heterocycles. The maximum atomic E-state index is 12.5. The summed E-state index contributed by atoms with van der Waals surface area (Å²) in [5.74, 6) is 0.525. The van der Waals surface area contributed by atoms with Crippen molar-refractivity contribution >= 4 is 12.3 Å². The lowest BCUT2D eigenvalue weighted by molar-refractivity contribution is -0.111. The zero-order valence-corrected chi connectivity index (χ0v) is 20.9. The third-order valence-corrected chi connectivity index (χ3v) is 5.83. The van der Waals surface area contributed by atoms with Crippen LogP contribution in [0.25, 0.3) is 0 Å². The van der Waals surface area contributed by atoms with E-state index in [-0.39, 0.29) is 19.3 Å². The van der Waals surface area contributed by atoms with Crippen molar-refractivity contribution in [1.29, 1.82) is 0 Å². The van der Waals surface area contributed by atoms with Gasteiger partial charge in [0.25, 0.3) is 0 Å². The summed E-state index contributed by atoms with van der Waals surface area (Å²) >= 11 is 0. The Morgan fingerprint density at radius 2 is 1.82 bits per heavy atom. The number of methoxy groups -OCH3 is 2. The van der Waals surface area contributed by atoms with Crippen LogP contribution in [0.3, 0.4) is 0 Å². The molecule has 0 saturated heterocycles. The second kappa shape index (κ2) is 13.9. The van der Waals surface area contributed by atoms with Crippen LogP contribution >= 0.6 is 0 Å². The molecule has 0 fully saturated rings. The number of fused-ring (bicyclic) bond motifs is 1. The first-order chi connectivity index (χ1) is 16.4. The van der Waals surface area contributed by atoms with E-state index in [2.05, 4.69) is 0 Å². The number of aldehydes is 1. The minimum absolute atomic E-state index is 0.0367. The first-order valence-electron chi connectivity index (χ1n) is 11.4. The maximum Gasteiger partial charge on any atom is 0.342 e. The Morgan fingerprint density at radius 1 is 1.12 bits per heavy atom. The van der Waals surface area contributed by atoms with Gasteiger partial charge in [-0.25, -0.2) is 4.79 Å². The summed E-state index contributed by atoms with van der Waals surface area (Å²) in [5, 5.41) is 0. The van der Waals surface area contributed by atoms with Crippen LogP contribution in [0.4, 0.5) is 0 Å². The highest BCUT2D eigenvalue weighted by molar-refractivity contribution is 5.98. The fraction of sp³-hybridized carbons (Fsp3) is 0.538. The van der Waals surface area contributed by atoms with E-state index in [4.69, 9.17) is 29.4 Å². The van der Waals surface area contributed by atoms with Crippen LogP contribution in [-0.2, 0) is 32.0 Å². The summed E-state index contributed by atoms with van der Waals surface area (Å²) in [6.07, 6.45) is 6.74. The van der Waals surface area contributed by atoms with Crippen LogP contribution in [0.5, 0.6) is 11.5 Å². The van der Waals surface area contributed by atoms with E-state index in [1.165, 1.54) is 0 Å². The van der Waals surface area contributed by atoms with E-state index in [0.29, 0.717) is 56.1 Å². The number of esters is 1. The zero-order valence-electron chi connectivity index (χ0n) is 20.9. The lowest BCUT2D eigenvalue weighted by Crippen LogP contribution is -2.13. The Labute approximate surface area is 202 Å². The minimum Gasteiger partial charge on any atom is -0.496 e. The average Bonchev–Trinajstić information content (AvgIpc) is 3.20. The van der Waals surface area contributed by atoms with E-state index in [0.717, 1.165) is 34.1 Å². The van der Waals surface area contributed by atoms with E-state index < -0.39 is 5.97 Å². The van der Waals surface area contributed by atoms with Gasteiger partial charge in [-0.1, -0.05) is 23.3 Å². The van der Waals surface area contributed by atoms with Gasteiger partial charge in [0.2, 0.25) is 0 Å². The molecule has 1 aliphatic rings. The van der Waals surface area contributed by atoms with Gasteiger partial charge >= 0.3 is 5.97 Å². The van der Waals surface area contributed by atoms with Gasteiger partial charge in [-0.2, -0.15) is 0 Å². The Balaban J connectivity index is 2.32. The molecule has 0 saturated carbocycles. The van der Waals surface area contributed by atoms with Crippen molar-refractivity contribution in [2.24, 2.45) is 11.7 Å². The zero-order chi connectivity index (χ0) is 25.1. The third-order valence-electron chi connectivity index (χ3n) is 5.83. The predicted molar refractivity (Wildman–Crippen MR) is 129 cm³/mol. The number of ether oxygens (including phenoxy) is 5. The first kappa shape index (κ1) is 27.6. The van der Waals surface area contributed by atoms with E-state index in [9.17, 15) is 9.59 Å². The van der Waals surface area contributed by atoms with Crippen molar-refractivity contribution in [3.8, 4) is 11.5 Å². The largest absolute Gasteiger partial charge is 0.496 e. The van der Waals surface area contributed by atoms with Crippen molar-refractivity contribution in [3.05, 3.63) is 45.6 Å². The van der Waals surface area contributed by atoms with Crippen molar-refractivity contribution in [1.82, 2.24) is 0 Å². The number of rotatable bonds is 15. The summed E-state index contributed by atoms with van der Waals surface area (Å²) in [5.41, 5.74) is 10.5. The molecule has 1 unspecified atom stereocenters. The average molecular weight is 476 g/mol. The van der Waals surface area contributed by atoms with Gasteiger partial charge in [0, 0.05) is 30.7 Å². The molecule has 2 N–H and O–H groups in total. The van der Waals surface area contributed by atoms with Crippen molar-refractivity contribution in [2.75, 3.05) is 40.8 Å². The van der Waals surface area contributed by atoms with Crippen molar-refractivity contribution in [3.63, 3.8) is 0 Å². The van der Waals surface area contributed by atoms with Crippen LogP contribution in [0.1, 0.15) is 53.7 Å². The summed E-state index contributed by atoms with van der Waals surface area (Å²) in [6, 6.07) is 0. The number of nitrogens with two attached hydrogens (primary N) is 1. The SMILES string of the molecule is COCCOCOc1c(C/C=C(\C)CC(C=O)C/C(C)=C/CN)c(OC)c(C)c2c1C(=O)OC2. The number of cyclic esters (lactones) is 1. The molecule has 1 atom stereocenters. The molecule has 8 nitrogen and oxygen atoms in total. The van der Waals surface area contributed by atoms with Gasteiger partial charge in [0.05, 0.1) is 20.3 Å². The predicted octanol–water partition coefficient (Wildman–Crippen LogP) is 3.66. The molecular formula is C26H37NO7. The molecule has 1 aromatic carbocycles. The fourth-order valence-corrected chi connectivity index (χ4v) is 4.11. The first-order valence-corrected chi connectivity index (χ1v) is 11.4. The molecule has 1 aromatic rings. The molecule has 188 valence electrons. The fourth-order valence-electron chi connectivity index (χ4n) is 4.11. The lowest BCUT2D eigenvalue weighted by atomic mass is 9.92. The van der Waals surface area contributed by atoms with E-state index in [1.54, 1.807) is 14.2 Å². The highest BCUT2D eigenvalue weighted by Gasteiger charge is 2.33. The molecule has 0 radical (unpaired) electrons. The summed E-state index contributed by atoms with van der Waals surface area (Å²) < 4.78 is 27.4. The number of hydrogen-bond acceptors (Lipinski definition) is 8. The van der Waals surface area contributed by atoms with Gasteiger partial charge in [-0.15, -0.1) is 0 Å². The Hall–Kier alpha value is -2.68. The van der Waals surface area contributed by atoms with Gasteiger partial charge in [0.15, 0.2) is 6.79 Å². The molecular weight excluding hydrogens is 438 g/mol. The molecule has 0 bridgehead atoms. The maximum absolute atomic E-state index is 12.5. The minimum atomic E-state index is -0.419. The van der Waals surface area contributed by atoms with E-state index >= 15 is 0 Å². The van der Waals surface area contributed by atoms with Gasteiger partial charge in [0.1, 0.15) is 30.0 Å². The van der Waals surface area contributed by atoms with Crippen LogP contribution in [0, 0.1) is 12.8 Å². The van der Waals surface area contributed by atoms with Crippen LogP contribution in [-0.4, -0.2) is 53.0 Å². The summed E-state index contributed by atoms with van der Waals surface area (Å²) in [6.45, 7) is 7.30. The van der Waals surface area contributed by atoms with Crippen molar-refractivity contribution < 1.29 is 33.3 Å². The Morgan fingerprint density at radius 3 is 2.44 bits per heavy atom. The number of benzene rings is 1. The van der Waals surface area contributed by atoms with Crippen LogP contribution in [0.15, 0.2) is 23.3 Å². The Bertz CT molecular complexity index is 920. The van der Waals surface area contributed by atoms with Crippen LogP contribution < -0.4 is 15.2 Å². The highest BCUT2D eigenvalue weighted by atomic mass is 16.7. The smallest absolute Gasteiger partial charge is 0.342 e. The molecule has 34 heavy (non-hydrogen) atoms. The number of hydrogen-bond donors (Lipinski definition) is 1. The van der Waals surface area contributed by atoms with Gasteiger partial charge in [-0.05, 0) is 45.6 Å². The summed E-state index contributed by atoms with van der Waals surface area (Å²) in [7, 11) is 3.19. The molecule has 1 aliphatic heterocycles. The number of allylic oxidation sites excluding steroid dienone is 3. The Kier molecular flexibility index (Phi) is 11.3. The monoisotopic (exact) mass is 475 g/mol. The normalized spacial score (nSPS) is 14.6. The summed E-state index contributed by atoms with van der Waals surface area (Å²) in [4.78, 5) is 24.1. The van der Waals surface area contributed by atoms with E-state index in [1.807, 2.05) is 32.9 Å².